The molecule has 0 aliphatic carbocycles. The summed E-state index contributed by atoms with van der Waals surface area (Å²) in [5.74, 6) is 1.07. The lowest BCUT2D eigenvalue weighted by molar-refractivity contribution is 0.908. The van der Waals surface area contributed by atoms with E-state index in [4.69, 9.17) is 4.98 Å². The smallest absolute Gasteiger partial charge is 0.114 e. The van der Waals surface area contributed by atoms with Gasteiger partial charge in [-0.2, -0.15) is 0 Å². The summed E-state index contributed by atoms with van der Waals surface area (Å²) in [4.78, 5) is 4.95. The summed E-state index contributed by atoms with van der Waals surface area (Å²) in [7, 11) is 0. The molecule has 0 unspecified atom stereocenters. The van der Waals surface area contributed by atoms with Crippen LogP contribution >= 0.6 is 0 Å². The molecule has 0 radical (unpaired) electrons. The number of nitrogens with zero attached hydrogens (tertiary/aromatic N) is 2. The molecule has 0 amide bonds. The molecule has 1 heterocycles. The minimum Gasteiger partial charge on any atom is -0.296 e. The monoisotopic (exact) mass is 650 g/mol. The van der Waals surface area contributed by atoms with Crippen molar-refractivity contribution in [2.24, 2.45) is 0 Å². The Bertz CT molecular complexity index is 2940. The van der Waals surface area contributed by atoms with Crippen LogP contribution in [0, 0.1) is 0 Å². The number of benzene rings is 9. The Morgan fingerprint density at radius 3 is 1.84 bits per heavy atom. The number of imidazole rings is 1. The first-order valence-electron chi connectivity index (χ1n) is 17.8. The van der Waals surface area contributed by atoms with Crippen molar-refractivity contribution in [3.63, 3.8) is 0 Å². The number of hydrogen-bond donors (Lipinski definition) is 0. The number of rotatable bonds is 5. The van der Waals surface area contributed by atoms with Crippen LogP contribution in [0.1, 0.15) is 12.7 Å². The fourth-order valence-electron chi connectivity index (χ4n) is 8.17. The van der Waals surface area contributed by atoms with Gasteiger partial charge in [0.1, 0.15) is 5.82 Å². The molecular formula is C49H34N2. The van der Waals surface area contributed by atoms with E-state index in [-0.39, 0.29) is 0 Å². The van der Waals surface area contributed by atoms with Gasteiger partial charge in [-0.3, -0.25) is 4.57 Å². The van der Waals surface area contributed by atoms with E-state index in [1.165, 1.54) is 76.5 Å². The Balaban J connectivity index is 1.26. The normalized spacial score (nSPS) is 11.7. The highest BCUT2D eigenvalue weighted by Crippen LogP contribution is 2.46. The van der Waals surface area contributed by atoms with Crippen molar-refractivity contribution in [2.75, 3.05) is 0 Å². The van der Waals surface area contributed by atoms with E-state index in [1.807, 2.05) is 0 Å². The lowest BCUT2D eigenvalue weighted by Crippen LogP contribution is -2.00. The van der Waals surface area contributed by atoms with Crippen molar-refractivity contribution in [1.82, 2.24) is 9.55 Å². The van der Waals surface area contributed by atoms with E-state index < -0.39 is 0 Å². The standard InChI is InChI=1S/C49H34N2/c1-2-47-50-45-20-9-10-21-46(45)51(47)38-27-24-34(25-28-38)48-41-17-7-8-18-42(41)49(37-23-22-32-12-3-4-14-35(32)30-37)43-29-26-36(31-44(43)48)40-19-11-15-33-13-5-6-16-39(33)40/h3-31H,2H2,1H3. The third kappa shape index (κ3) is 4.75. The lowest BCUT2D eigenvalue weighted by atomic mass is 9.84. The summed E-state index contributed by atoms with van der Waals surface area (Å²) >= 11 is 0. The molecule has 0 aliphatic rings. The fourth-order valence-corrected chi connectivity index (χ4v) is 8.17. The number of aromatic nitrogens is 2. The van der Waals surface area contributed by atoms with Crippen molar-refractivity contribution >= 4 is 54.1 Å². The minimum absolute atomic E-state index is 0.860. The summed E-state index contributed by atoms with van der Waals surface area (Å²) in [6.45, 7) is 2.18. The van der Waals surface area contributed by atoms with Gasteiger partial charge in [0.15, 0.2) is 0 Å². The molecule has 10 rings (SSSR count). The second kappa shape index (κ2) is 11.8. The zero-order valence-corrected chi connectivity index (χ0v) is 28.3. The number of fused-ring (bicyclic) bond motifs is 5. The van der Waals surface area contributed by atoms with Gasteiger partial charge in [-0.05, 0) is 113 Å². The van der Waals surface area contributed by atoms with E-state index in [0.29, 0.717) is 0 Å². The molecule has 0 aliphatic heterocycles. The van der Waals surface area contributed by atoms with Crippen molar-refractivity contribution in [3.05, 3.63) is 182 Å². The molecule has 0 saturated heterocycles. The van der Waals surface area contributed by atoms with Gasteiger partial charge in [0.2, 0.25) is 0 Å². The molecule has 2 nitrogen and oxygen atoms in total. The van der Waals surface area contributed by atoms with E-state index >= 15 is 0 Å². The van der Waals surface area contributed by atoms with Crippen LogP contribution < -0.4 is 0 Å². The third-order valence-electron chi connectivity index (χ3n) is 10.5. The van der Waals surface area contributed by atoms with E-state index in [2.05, 4.69) is 187 Å². The van der Waals surface area contributed by atoms with Crippen LogP contribution in [0.15, 0.2) is 176 Å². The van der Waals surface area contributed by atoms with Crippen LogP contribution in [0.3, 0.4) is 0 Å². The van der Waals surface area contributed by atoms with Gasteiger partial charge in [-0.25, -0.2) is 4.98 Å². The van der Waals surface area contributed by atoms with Crippen LogP contribution in [0.5, 0.6) is 0 Å². The highest BCUT2D eigenvalue weighted by atomic mass is 15.1. The maximum absolute atomic E-state index is 4.95. The molecule has 0 spiro atoms. The number of para-hydroxylation sites is 2. The van der Waals surface area contributed by atoms with Gasteiger partial charge >= 0.3 is 0 Å². The van der Waals surface area contributed by atoms with E-state index in [1.54, 1.807) is 0 Å². The average molecular weight is 651 g/mol. The third-order valence-corrected chi connectivity index (χ3v) is 10.5. The Labute approximate surface area is 296 Å². The SMILES string of the molecule is CCc1nc2ccccc2n1-c1ccc(-c2c3ccccc3c(-c3ccc4ccccc4c3)c3ccc(-c4cccc5ccccc45)cc23)cc1. The highest BCUT2D eigenvalue weighted by molar-refractivity contribution is 6.22. The molecule has 51 heavy (non-hydrogen) atoms. The van der Waals surface area contributed by atoms with Crippen molar-refractivity contribution in [2.45, 2.75) is 13.3 Å². The summed E-state index contributed by atoms with van der Waals surface area (Å²) < 4.78 is 2.30. The maximum atomic E-state index is 4.95. The minimum atomic E-state index is 0.860. The first-order chi connectivity index (χ1) is 25.2. The second-order valence-corrected chi connectivity index (χ2v) is 13.4. The van der Waals surface area contributed by atoms with Gasteiger partial charge in [0.05, 0.1) is 11.0 Å². The molecule has 0 atom stereocenters. The van der Waals surface area contributed by atoms with Crippen LogP contribution in [0.2, 0.25) is 0 Å². The predicted molar refractivity (Wildman–Crippen MR) is 217 cm³/mol. The van der Waals surface area contributed by atoms with Crippen LogP contribution in [0.4, 0.5) is 0 Å². The fraction of sp³-hybridized carbons (Fsp3) is 0.0408. The summed E-state index contributed by atoms with van der Waals surface area (Å²) in [5, 5.41) is 10.0. The zero-order chi connectivity index (χ0) is 33.9. The van der Waals surface area contributed by atoms with Gasteiger partial charge in [-0.15, -0.1) is 0 Å². The van der Waals surface area contributed by atoms with Crippen molar-refractivity contribution in [3.8, 4) is 39.1 Å². The van der Waals surface area contributed by atoms with E-state index in [0.717, 1.165) is 29.0 Å². The van der Waals surface area contributed by atoms with Crippen LogP contribution in [-0.2, 0) is 6.42 Å². The number of aryl methyl sites for hydroxylation is 1. The van der Waals surface area contributed by atoms with E-state index in [9.17, 15) is 0 Å². The topological polar surface area (TPSA) is 17.8 Å². The molecule has 9 aromatic carbocycles. The van der Waals surface area contributed by atoms with Crippen LogP contribution in [-0.4, -0.2) is 9.55 Å². The molecule has 10 aromatic rings. The Morgan fingerprint density at radius 2 is 1.04 bits per heavy atom. The molecule has 0 N–H and O–H groups in total. The molecule has 2 heteroatoms. The summed E-state index contributed by atoms with van der Waals surface area (Å²) in [5.41, 5.74) is 10.7. The zero-order valence-electron chi connectivity index (χ0n) is 28.3. The molecule has 240 valence electrons. The summed E-state index contributed by atoms with van der Waals surface area (Å²) in [6.07, 6.45) is 0.860. The largest absolute Gasteiger partial charge is 0.296 e. The molecule has 1 aromatic heterocycles. The molecule has 0 bridgehead atoms. The van der Waals surface area contributed by atoms with Crippen molar-refractivity contribution in [1.29, 1.82) is 0 Å². The second-order valence-electron chi connectivity index (χ2n) is 13.4. The molecule has 0 fully saturated rings. The molecule has 0 saturated carbocycles. The predicted octanol–water partition coefficient (Wildman–Crippen LogP) is 13.2. The molecular weight excluding hydrogens is 617 g/mol. The Morgan fingerprint density at radius 1 is 0.431 bits per heavy atom. The maximum Gasteiger partial charge on any atom is 0.114 e. The quantitative estimate of drug-likeness (QED) is 0.170. The average Bonchev–Trinajstić information content (AvgIpc) is 3.58. The van der Waals surface area contributed by atoms with Gasteiger partial charge in [0.25, 0.3) is 0 Å². The summed E-state index contributed by atoms with van der Waals surface area (Å²) in [6, 6.07) is 64.4. The van der Waals surface area contributed by atoms with Crippen molar-refractivity contribution < 1.29 is 0 Å². The lowest BCUT2D eigenvalue weighted by Gasteiger charge is -2.19. The Kier molecular flexibility index (Phi) is 6.82. The van der Waals surface area contributed by atoms with Gasteiger partial charge in [0, 0.05) is 12.1 Å². The number of hydrogen-bond acceptors (Lipinski definition) is 1. The first-order valence-corrected chi connectivity index (χ1v) is 17.8. The van der Waals surface area contributed by atoms with Crippen LogP contribution in [0.25, 0.3) is 93.2 Å². The highest BCUT2D eigenvalue weighted by Gasteiger charge is 2.19. The Hall–Kier alpha value is -6.51. The first kappa shape index (κ1) is 29.4. The van der Waals surface area contributed by atoms with Gasteiger partial charge in [-0.1, -0.05) is 146 Å². The van der Waals surface area contributed by atoms with Gasteiger partial charge < -0.3 is 0 Å².